The van der Waals surface area contributed by atoms with Crippen molar-refractivity contribution in [2.45, 2.75) is 18.9 Å². The van der Waals surface area contributed by atoms with Gasteiger partial charge in [0.15, 0.2) is 0 Å². The van der Waals surface area contributed by atoms with Crippen LogP contribution in [0, 0.1) is 0 Å². The molecule has 0 unspecified atom stereocenters. The zero-order valence-electron chi connectivity index (χ0n) is 6.64. The van der Waals surface area contributed by atoms with E-state index < -0.39 is 9.21 Å². The van der Waals surface area contributed by atoms with Crippen LogP contribution in [0.25, 0.3) is 0 Å². The molecule has 0 bridgehead atoms. The predicted molar refractivity (Wildman–Crippen MR) is 51.6 cm³/mol. The molecule has 0 radical (unpaired) electrons. The summed E-state index contributed by atoms with van der Waals surface area (Å²) in [7, 11) is 1.09. The molecule has 0 aromatic heterocycles. The molecule has 0 atom stereocenters. The second kappa shape index (κ2) is 2.97. The summed E-state index contributed by atoms with van der Waals surface area (Å²) in [6.45, 7) is 0. The molecule has 0 amide bonds. The van der Waals surface area contributed by atoms with E-state index in [1.165, 1.54) is 24.3 Å². The van der Waals surface area contributed by atoms with E-state index in [1.807, 2.05) is 0 Å². The minimum Gasteiger partial charge on any atom is -0.381 e. The van der Waals surface area contributed by atoms with E-state index >= 15 is 0 Å². The molecule has 10 heavy (non-hydrogen) atoms. The van der Waals surface area contributed by atoms with Crippen molar-refractivity contribution in [2.75, 3.05) is 18.6 Å². The minimum atomic E-state index is -0.706. The molecule has 2 heteroatoms. The van der Waals surface area contributed by atoms with Crippen LogP contribution in [0.1, 0.15) is 12.8 Å². The molecule has 1 saturated heterocycles. The Labute approximate surface area is 63.9 Å². The Hall–Kier alpha value is 0.0500. The standard InChI is InChI=1S/C8H16OS/c1-9-8-4-6-10(2,3)7-5-8/h8H,2-7H2,1H3. The maximum Gasteiger partial charge on any atom is 0.0586 e. The van der Waals surface area contributed by atoms with Gasteiger partial charge in [-0.25, -0.2) is 9.21 Å². The predicted octanol–water partition coefficient (Wildman–Crippen LogP) is 1.46. The Kier molecular flexibility index (Phi) is 2.42. The Morgan fingerprint density at radius 1 is 1.30 bits per heavy atom. The largest absolute Gasteiger partial charge is 0.381 e. The molecule has 1 heterocycles. The second-order valence-corrected chi connectivity index (χ2v) is 6.33. The third-order valence-electron chi connectivity index (χ3n) is 2.08. The van der Waals surface area contributed by atoms with Crippen LogP contribution in [0.5, 0.6) is 0 Å². The van der Waals surface area contributed by atoms with E-state index in [2.05, 4.69) is 11.7 Å². The van der Waals surface area contributed by atoms with Gasteiger partial charge in [-0.3, -0.25) is 0 Å². The van der Waals surface area contributed by atoms with Crippen molar-refractivity contribution in [1.82, 2.24) is 0 Å². The molecule has 0 aromatic rings. The van der Waals surface area contributed by atoms with Gasteiger partial charge in [0.25, 0.3) is 0 Å². The van der Waals surface area contributed by atoms with E-state index in [9.17, 15) is 0 Å². The zero-order chi connectivity index (χ0) is 7.61. The Balaban J connectivity index is 2.46. The van der Waals surface area contributed by atoms with Gasteiger partial charge in [0.05, 0.1) is 6.10 Å². The van der Waals surface area contributed by atoms with Crippen LogP contribution in [0.2, 0.25) is 0 Å². The summed E-state index contributed by atoms with van der Waals surface area (Å²) >= 11 is 0. The molecule has 0 saturated carbocycles. The first kappa shape index (κ1) is 8.15. The van der Waals surface area contributed by atoms with Crippen LogP contribution in [-0.2, 0) is 4.74 Å². The molecular weight excluding hydrogens is 144 g/mol. The van der Waals surface area contributed by atoms with Gasteiger partial charge in [-0.05, 0) is 24.3 Å². The highest BCUT2D eigenvalue weighted by atomic mass is 32.2. The van der Waals surface area contributed by atoms with Crippen molar-refractivity contribution in [3.63, 3.8) is 0 Å². The third kappa shape index (κ3) is 2.03. The highest BCUT2D eigenvalue weighted by Gasteiger charge is 2.15. The van der Waals surface area contributed by atoms with Crippen LogP contribution < -0.4 is 0 Å². The molecule has 1 aliphatic heterocycles. The van der Waals surface area contributed by atoms with E-state index in [1.54, 1.807) is 7.11 Å². The molecule has 0 N–H and O–H groups in total. The van der Waals surface area contributed by atoms with E-state index in [0.717, 1.165) is 0 Å². The van der Waals surface area contributed by atoms with Crippen LogP contribution in [0.15, 0.2) is 0 Å². The fourth-order valence-electron chi connectivity index (χ4n) is 1.24. The number of rotatable bonds is 1. The number of hydrogen-bond acceptors (Lipinski definition) is 1. The van der Waals surface area contributed by atoms with Gasteiger partial charge in [-0.15, -0.1) is 0 Å². The number of ether oxygens (including phenoxy) is 1. The van der Waals surface area contributed by atoms with Crippen LogP contribution in [0.3, 0.4) is 0 Å². The second-order valence-electron chi connectivity index (χ2n) is 3.07. The molecule has 0 spiro atoms. The van der Waals surface area contributed by atoms with Crippen molar-refractivity contribution in [1.29, 1.82) is 0 Å². The first-order valence-electron chi connectivity index (χ1n) is 3.62. The smallest absolute Gasteiger partial charge is 0.0586 e. The maximum absolute atomic E-state index is 5.24. The molecule has 1 fully saturated rings. The Bertz CT molecular complexity index is 177. The summed E-state index contributed by atoms with van der Waals surface area (Å²) in [4.78, 5) is 0. The lowest BCUT2D eigenvalue weighted by Crippen LogP contribution is -2.19. The lowest BCUT2D eigenvalue weighted by atomic mass is 10.2. The lowest BCUT2D eigenvalue weighted by molar-refractivity contribution is 0.0960. The highest BCUT2D eigenvalue weighted by Crippen LogP contribution is 2.29. The summed E-state index contributed by atoms with van der Waals surface area (Å²) in [6.07, 6.45) is 2.82. The maximum atomic E-state index is 5.24. The fourth-order valence-corrected chi connectivity index (χ4v) is 2.97. The molecule has 1 aliphatic rings. The molecule has 1 nitrogen and oxygen atoms in total. The van der Waals surface area contributed by atoms with Gasteiger partial charge < -0.3 is 4.74 Å². The zero-order valence-corrected chi connectivity index (χ0v) is 7.45. The summed E-state index contributed by atoms with van der Waals surface area (Å²) in [6, 6.07) is 0. The Morgan fingerprint density at radius 2 is 1.80 bits per heavy atom. The SMILES string of the molecule is C=S1(=C)CCC(OC)CC1. The fraction of sp³-hybridized carbons (Fsp3) is 0.750. The van der Waals surface area contributed by atoms with Crippen LogP contribution >= 0.6 is 9.21 Å². The quantitative estimate of drug-likeness (QED) is 0.528. The summed E-state index contributed by atoms with van der Waals surface area (Å²) in [5.74, 6) is 10.6. The van der Waals surface area contributed by atoms with Crippen LogP contribution in [0.4, 0.5) is 0 Å². The van der Waals surface area contributed by atoms with Crippen molar-refractivity contribution < 1.29 is 4.74 Å². The highest BCUT2D eigenvalue weighted by molar-refractivity contribution is 8.27. The molecular formula is C8H16OS. The van der Waals surface area contributed by atoms with Gasteiger partial charge in [-0.2, -0.15) is 0 Å². The van der Waals surface area contributed by atoms with Crippen molar-refractivity contribution in [3.05, 3.63) is 0 Å². The lowest BCUT2D eigenvalue weighted by Gasteiger charge is -2.26. The molecule has 0 aromatic carbocycles. The van der Waals surface area contributed by atoms with Gasteiger partial charge in [0.2, 0.25) is 0 Å². The van der Waals surface area contributed by atoms with Gasteiger partial charge in [-0.1, -0.05) is 11.7 Å². The first-order valence-corrected chi connectivity index (χ1v) is 5.92. The van der Waals surface area contributed by atoms with Crippen molar-refractivity contribution in [3.8, 4) is 0 Å². The van der Waals surface area contributed by atoms with Gasteiger partial charge in [0, 0.05) is 7.11 Å². The van der Waals surface area contributed by atoms with Crippen molar-refractivity contribution >= 4 is 20.9 Å². The number of methoxy groups -OCH3 is 1. The Morgan fingerprint density at radius 3 is 2.20 bits per heavy atom. The van der Waals surface area contributed by atoms with E-state index in [4.69, 9.17) is 4.74 Å². The summed E-state index contributed by atoms with van der Waals surface area (Å²) in [5.41, 5.74) is 0. The first-order chi connectivity index (χ1) is 4.64. The van der Waals surface area contributed by atoms with Gasteiger partial charge >= 0.3 is 0 Å². The topological polar surface area (TPSA) is 9.23 Å². The van der Waals surface area contributed by atoms with E-state index in [0.29, 0.717) is 6.10 Å². The number of hydrogen-bond donors (Lipinski definition) is 0. The van der Waals surface area contributed by atoms with Gasteiger partial charge in [0.1, 0.15) is 0 Å². The summed E-state index contributed by atoms with van der Waals surface area (Å²) in [5, 5.41) is 0. The normalized spacial score (nSPS) is 26.5. The van der Waals surface area contributed by atoms with Crippen molar-refractivity contribution in [2.24, 2.45) is 0 Å². The molecule has 1 rings (SSSR count). The average molecular weight is 160 g/mol. The monoisotopic (exact) mass is 160 g/mol. The molecule has 0 aliphatic carbocycles. The molecule has 60 valence electrons. The minimum absolute atomic E-state index is 0.490. The summed E-state index contributed by atoms with van der Waals surface area (Å²) < 4.78 is 5.24. The third-order valence-corrected chi connectivity index (χ3v) is 4.28. The van der Waals surface area contributed by atoms with E-state index in [-0.39, 0.29) is 0 Å². The van der Waals surface area contributed by atoms with Crippen LogP contribution in [-0.4, -0.2) is 36.5 Å². The average Bonchev–Trinajstić information content (AvgIpc) is 1.88.